The second-order valence-corrected chi connectivity index (χ2v) is 8.69. The summed E-state index contributed by atoms with van der Waals surface area (Å²) in [5.41, 5.74) is 9.67. The van der Waals surface area contributed by atoms with Gasteiger partial charge in [0.15, 0.2) is 11.5 Å². The minimum absolute atomic E-state index is 0.134. The van der Waals surface area contributed by atoms with E-state index in [9.17, 15) is 14.7 Å². The molecule has 9 heteroatoms. The number of nitrogens with two attached hydrogens (primary N) is 1. The Morgan fingerprint density at radius 2 is 1.89 bits per heavy atom. The number of benzene rings is 3. The standard InChI is InChI=1S/C26H23N3O6/c27-25(31)20-9-16(14-2-4-22-23(10-14)35-13-34-22)8-19-18-7-15(1-3-21(18)28-24(19)20)26(32)29-5-6-33-17(11-29)12-30/h1-4,7-10,17,28,30H,5-6,11-13H2,(H2,27,31). The molecule has 9 nitrogen and oxygen atoms in total. The molecule has 1 unspecified atom stereocenters. The number of ether oxygens (including phenoxy) is 3. The van der Waals surface area contributed by atoms with Crippen LogP contribution >= 0.6 is 0 Å². The fourth-order valence-electron chi connectivity index (χ4n) is 4.77. The van der Waals surface area contributed by atoms with Gasteiger partial charge in [0.05, 0.1) is 30.4 Å². The maximum Gasteiger partial charge on any atom is 0.254 e. The van der Waals surface area contributed by atoms with Crippen molar-refractivity contribution in [2.75, 3.05) is 33.1 Å². The number of aliphatic hydroxyl groups excluding tert-OH is 1. The first-order valence-corrected chi connectivity index (χ1v) is 11.3. The molecule has 4 aromatic rings. The van der Waals surface area contributed by atoms with E-state index >= 15 is 0 Å². The summed E-state index contributed by atoms with van der Waals surface area (Å²) in [6.45, 7) is 1.21. The van der Waals surface area contributed by atoms with Crippen molar-refractivity contribution in [1.82, 2.24) is 9.88 Å². The van der Waals surface area contributed by atoms with Crippen LogP contribution in [0.1, 0.15) is 20.7 Å². The maximum atomic E-state index is 13.2. The van der Waals surface area contributed by atoms with E-state index < -0.39 is 5.91 Å². The summed E-state index contributed by atoms with van der Waals surface area (Å²) in [6, 6.07) is 14.8. The normalized spacial score (nSPS) is 17.3. The van der Waals surface area contributed by atoms with Crippen molar-refractivity contribution >= 4 is 33.6 Å². The van der Waals surface area contributed by atoms with E-state index in [0.717, 1.165) is 27.4 Å². The van der Waals surface area contributed by atoms with Crippen LogP contribution in [-0.2, 0) is 4.74 Å². The van der Waals surface area contributed by atoms with E-state index in [1.807, 2.05) is 36.4 Å². The zero-order valence-electron chi connectivity index (χ0n) is 18.7. The number of morpholine rings is 1. The van der Waals surface area contributed by atoms with Gasteiger partial charge < -0.3 is 34.9 Å². The fourth-order valence-corrected chi connectivity index (χ4v) is 4.77. The van der Waals surface area contributed by atoms with Gasteiger partial charge in [-0.15, -0.1) is 0 Å². The van der Waals surface area contributed by atoms with Crippen LogP contribution in [0, 0.1) is 0 Å². The number of carbonyl (C=O) groups excluding carboxylic acids is 2. The molecule has 4 N–H and O–H groups in total. The minimum atomic E-state index is -0.552. The third kappa shape index (κ3) is 3.65. The number of nitrogens with zero attached hydrogens (tertiary/aromatic N) is 1. The van der Waals surface area contributed by atoms with Gasteiger partial charge in [0.1, 0.15) is 0 Å². The SMILES string of the molecule is NC(=O)c1cc(-c2ccc3c(c2)OCO3)cc2c1[nH]c1ccc(C(=O)N3CCOC(CO)C3)cc12. The van der Waals surface area contributed by atoms with Gasteiger partial charge in [-0.1, -0.05) is 6.07 Å². The number of aromatic amines is 1. The molecule has 2 aliphatic heterocycles. The van der Waals surface area contributed by atoms with Crippen LogP contribution in [-0.4, -0.2) is 66.0 Å². The van der Waals surface area contributed by atoms with Crippen LogP contribution in [0.5, 0.6) is 11.5 Å². The van der Waals surface area contributed by atoms with Gasteiger partial charge in [0.25, 0.3) is 11.8 Å². The van der Waals surface area contributed by atoms with Crippen molar-refractivity contribution in [3.8, 4) is 22.6 Å². The molecule has 0 saturated carbocycles. The van der Waals surface area contributed by atoms with E-state index in [1.165, 1.54) is 0 Å². The fraction of sp³-hybridized carbons (Fsp3) is 0.231. The minimum Gasteiger partial charge on any atom is -0.454 e. The molecule has 0 spiro atoms. The average molecular weight is 473 g/mol. The monoisotopic (exact) mass is 473 g/mol. The smallest absolute Gasteiger partial charge is 0.254 e. The van der Waals surface area contributed by atoms with Crippen molar-refractivity contribution < 1.29 is 28.9 Å². The van der Waals surface area contributed by atoms with E-state index in [2.05, 4.69) is 4.98 Å². The van der Waals surface area contributed by atoms with Crippen LogP contribution in [0.4, 0.5) is 0 Å². The van der Waals surface area contributed by atoms with Gasteiger partial charge in [-0.2, -0.15) is 0 Å². The van der Waals surface area contributed by atoms with Gasteiger partial charge in [0.2, 0.25) is 6.79 Å². The molecule has 6 rings (SSSR count). The number of aromatic nitrogens is 1. The number of nitrogens with one attached hydrogen (secondary N) is 1. The van der Waals surface area contributed by atoms with Crippen molar-refractivity contribution in [2.45, 2.75) is 6.10 Å². The highest BCUT2D eigenvalue weighted by molar-refractivity contribution is 6.17. The van der Waals surface area contributed by atoms with E-state index in [4.69, 9.17) is 19.9 Å². The van der Waals surface area contributed by atoms with Gasteiger partial charge in [0, 0.05) is 34.9 Å². The van der Waals surface area contributed by atoms with E-state index in [1.54, 1.807) is 17.0 Å². The molecule has 2 amide bonds. The number of amides is 2. The molecule has 0 radical (unpaired) electrons. The highest BCUT2D eigenvalue weighted by atomic mass is 16.7. The third-order valence-corrected chi connectivity index (χ3v) is 6.56. The average Bonchev–Trinajstić information content (AvgIpc) is 3.51. The number of H-pyrrole nitrogens is 1. The molecule has 1 aromatic heterocycles. The lowest BCUT2D eigenvalue weighted by Crippen LogP contribution is -2.46. The first-order chi connectivity index (χ1) is 17.0. The lowest BCUT2D eigenvalue weighted by atomic mass is 9.98. The van der Waals surface area contributed by atoms with E-state index in [0.29, 0.717) is 47.8 Å². The zero-order valence-corrected chi connectivity index (χ0v) is 18.7. The third-order valence-electron chi connectivity index (χ3n) is 6.56. The van der Waals surface area contributed by atoms with Gasteiger partial charge in [-0.05, 0) is 53.6 Å². The van der Waals surface area contributed by atoms with E-state index in [-0.39, 0.29) is 25.4 Å². The predicted octanol–water partition coefficient (Wildman–Crippen LogP) is 2.65. The van der Waals surface area contributed by atoms with Gasteiger partial charge in [-0.25, -0.2) is 0 Å². The predicted molar refractivity (Wildman–Crippen MR) is 129 cm³/mol. The molecule has 3 aromatic carbocycles. The van der Waals surface area contributed by atoms with Crippen LogP contribution < -0.4 is 15.2 Å². The molecular formula is C26H23N3O6. The van der Waals surface area contributed by atoms with Crippen LogP contribution in [0.25, 0.3) is 32.9 Å². The Balaban J connectivity index is 1.47. The molecule has 1 fully saturated rings. The largest absolute Gasteiger partial charge is 0.454 e. The zero-order chi connectivity index (χ0) is 24.1. The van der Waals surface area contributed by atoms with Crippen molar-refractivity contribution in [3.63, 3.8) is 0 Å². The summed E-state index contributed by atoms with van der Waals surface area (Å²) in [6.07, 6.45) is -0.382. The Kier molecular flexibility index (Phi) is 5.09. The van der Waals surface area contributed by atoms with Crippen molar-refractivity contribution in [1.29, 1.82) is 0 Å². The van der Waals surface area contributed by atoms with Crippen LogP contribution in [0.2, 0.25) is 0 Å². The summed E-state index contributed by atoms with van der Waals surface area (Å²) < 4.78 is 16.4. The Hall–Kier alpha value is -4.08. The molecule has 0 aliphatic carbocycles. The molecular weight excluding hydrogens is 450 g/mol. The number of aliphatic hydroxyl groups is 1. The summed E-state index contributed by atoms with van der Waals surface area (Å²) in [5, 5.41) is 11.0. The molecule has 1 saturated heterocycles. The number of fused-ring (bicyclic) bond motifs is 4. The van der Waals surface area contributed by atoms with Gasteiger partial charge in [-0.3, -0.25) is 9.59 Å². The Morgan fingerprint density at radius 3 is 2.71 bits per heavy atom. The maximum absolute atomic E-state index is 13.2. The number of hydrogen-bond acceptors (Lipinski definition) is 6. The summed E-state index contributed by atoms with van der Waals surface area (Å²) in [4.78, 5) is 30.6. The molecule has 178 valence electrons. The number of primary amides is 1. The van der Waals surface area contributed by atoms with Crippen LogP contribution in [0.3, 0.4) is 0 Å². The molecule has 35 heavy (non-hydrogen) atoms. The molecule has 3 heterocycles. The highest BCUT2D eigenvalue weighted by Crippen LogP contribution is 2.38. The summed E-state index contributed by atoms with van der Waals surface area (Å²) >= 11 is 0. The highest BCUT2D eigenvalue weighted by Gasteiger charge is 2.25. The van der Waals surface area contributed by atoms with Crippen molar-refractivity contribution in [3.05, 3.63) is 59.7 Å². The van der Waals surface area contributed by atoms with Gasteiger partial charge >= 0.3 is 0 Å². The lowest BCUT2D eigenvalue weighted by molar-refractivity contribution is -0.0447. The molecule has 1 atom stereocenters. The second-order valence-electron chi connectivity index (χ2n) is 8.69. The second kappa shape index (κ2) is 8.30. The topological polar surface area (TPSA) is 127 Å². The number of rotatable bonds is 4. The Labute approximate surface area is 200 Å². The number of carbonyl (C=O) groups is 2. The molecule has 2 aliphatic rings. The number of hydrogen-bond donors (Lipinski definition) is 3. The summed E-state index contributed by atoms with van der Waals surface area (Å²) in [7, 11) is 0. The Bertz CT molecular complexity index is 1490. The Morgan fingerprint density at radius 1 is 1.03 bits per heavy atom. The molecule has 0 bridgehead atoms. The van der Waals surface area contributed by atoms with Crippen LogP contribution in [0.15, 0.2) is 48.5 Å². The first-order valence-electron chi connectivity index (χ1n) is 11.3. The summed E-state index contributed by atoms with van der Waals surface area (Å²) in [5.74, 6) is 0.627. The lowest BCUT2D eigenvalue weighted by Gasteiger charge is -2.32. The quantitative estimate of drug-likeness (QED) is 0.418. The first kappa shape index (κ1) is 21.5. The van der Waals surface area contributed by atoms with Crippen molar-refractivity contribution in [2.24, 2.45) is 5.73 Å².